The zero-order chi connectivity index (χ0) is 23.7. The molecule has 0 unspecified atom stereocenters. The molecular weight excluding hydrogens is 420 g/mol. The highest BCUT2D eigenvalue weighted by molar-refractivity contribution is 7.91. The Balaban J connectivity index is 2.49. The number of allylic oxidation sites excluding steroid dienone is 4. The van der Waals surface area contributed by atoms with Gasteiger partial charge in [0, 0.05) is 5.56 Å². The van der Waals surface area contributed by atoms with Crippen LogP contribution in [0.4, 0.5) is 0 Å². The Kier molecular flexibility index (Phi) is 9.58. The number of hydrogen-bond donors (Lipinski definition) is 2. The fraction of sp³-hybridized carbons (Fsp3) is 0.407. The van der Waals surface area contributed by atoms with Crippen LogP contribution in [0.3, 0.4) is 0 Å². The normalized spacial score (nSPS) is 12.1. The molecule has 2 aromatic carbocycles. The van der Waals surface area contributed by atoms with Gasteiger partial charge >= 0.3 is 0 Å². The van der Waals surface area contributed by atoms with Crippen molar-refractivity contribution in [3.8, 4) is 11.5 Å². The largest absolute Gasteiger partial charge is 0.508 e. The molecule has 0 heterocycles. The Hall–Kier alpha value is -2.53. The fourth-order valence-electron chi connectivity index (χ4n) is 3.66. The van der Waals surface area contributed by atoms with Crippen molar-refractivity contribution < 1.29 is 18.6 Å². The third kappa shape index (κ3) is 6.73. The van der Waals surface area contributed by atoms with Crippen LogP contribution in [0.1, 0.15) is 70.9 Å². The highest BCUT2D eigenvalue weighted by Crippen LogP contribution is 2.40. The van der Waals surface area contributed by atoms with Crippen LogP contribution in [-0.4, -0.2) is 18.6 Å². The summed E-state index contributed by atoms with van der Waals surface area (Å²) in [6.45, 7) is 8.21. The lowest BCUT2D eigenvalue weighted by atomic mass is 10.00. The summed E-state index contributed by atoms with van der Waals surface area (Å²) in [4.78, 5) is 0.0559. The second-order valence-corrected chi connectivity index (χ2v) is 10.4. The predicted molar refractivity (Wildman–Crippen MR) is 131 cm³/mol. The van der Waals surface area contributed by atoms with Crippen LogP contribution in [0, 0.1) is 0 Å². The van der Waals surface area contributed by atoms with Crippen LogP contribution >= 0.6 is 0 Å². The van der Waals surface area contributed by atoms with Gasteiger partial charge in [0.05, 0.1) is 4.90 Å². The van der Waals surface area contributed by atoms with E-state index in [0.29, 0.717) is 12.0 Å². The van der Waals surface area contributed by atoms with E-state index in [2.05, 4.69) is 26.8 Å². The van der Waals surface area contributed by atoms with Crippen molar-refractivity contribution in [3.63, 3.8) is 0 Å². The van der Waals surface area contributed by atoms with E-state index in [4.69, 9.17) is 0 Å². The Bertz CT molecular complexity index is 1060. The Labute approximate surface area is 193 Å². The fourth-order valence-corrected chi connectivity index (χ4v) is 5.30. The molecule has 174 valence electrons. The van der Waals surface area contributed by atoms with Gasteiger partial charge in [0.1, 0.15) is 16.4 Å². The van der Waals surface area contributed by atoms with Crippen LogP contribution in [-0.2, 0) is 22.7 Å². The van der Waals surface area contributed by atoms with E-state index < -0.39 is 9.84 Å². The number of hydrogen-bond acceptors (Lipinski definition) is 4. The third-order valence-corrected chi connectivity index (χ3v) is 7.42. The maximum absolute atomic E-state index is 13.5. The van der Waals surface area contributed by atoms with Crippen LogP contribution in [0.2, 0.25) is 0 Å². The van der Waals surface area contributed by atoms with Gasteiger partial charge in [0.2, 0.25) is 9.84 Å². The molecule has 0 aromatic heterocycles. The molecule has 4 nitrogen and oxygen atoms in total. The minimum absolute atomic E-state index is 0.0608. The van der Waals surface area contributed by atoms with Gasteiger partial charge in [-0.2, -0.15) is 0 Å². The molecule has 0 atom stereocenters. The average Bonchev–Trinajstić information content (AvgIpc) is 2.73. The zero-order valence-corrected chi connectivity index (χ0v) is 20.5. The van der Waals surface area contributed by atoms with Gasteiger partial charge in [-0.05, 0) is 76.6 Å². The molecule has 0 saturated heterocycles. The summed E-state index contributed by atoms with van der Waals surface area (Å²) in [6.07, 6.45) is 9.39. The molecule has 2 rings (SSSR count). The molecule has 2 aromatic rings. The number of aromatic hydroxyl groups is 2. The number of benzene rings is 2. The number of phenolic OH excluding ortho intramolecular Hbond substituents is 2. The molecular formula is C27H36O4S. The van der Waals surface area contributed by atoms with Gasteiger partial charge in [0.15, 0.2) is 0 Å². The smallest absolute Gasteiger partial charge is 0.210 e. The summed E-state index contributed by atoms with van der Waals surface area (Å²) in [6, 6.07) is 9.68. The van der Waals surface area contributed by atoms with Gasteiger partial charge in [-0.3, -0.25) is 0 Å². The molecule has 0 bridgehead atoms. The lowest BCUT2D eigenvalue weighted by Crippen LogP contribution is -2.08. The quantitative estimate of drug-likeness (QED) is 0.285. The van der Waals surface area contributed by atoms with Crippen molar-refractivity contribution in [2.45, 2.75) is 82.4 Å². The molecule has 32 heavy (non-hydrogen) atoms. The second kappa shape index (κ2) is 11.9. The molecule has 2 N–H and O–H groups in total. The summed E-state index contributed by atoms with van der Waals surface area (Å²) in [5.74, 6) is -0.400. The third-order valence-electron chi connectivity index (χ3n) is 5.53. The van der Waals surface area contributed by atoms with E-state index in [1.807, 2.05) is 13.0 Å². The lowest BCUT2D eigenvalue weighted by molar-refractivity contribution is 0.427. The first kappa shape index (κ1) is 25.7. The summed E-state index contributed by atoms with van der Waals surface area (Å²) in [5.41, 5.74) is 3.11. The SMILES string of the molecule is CCCCCc1cc(O)c(CC=C(C)CCC=C(C)C)c(O)c1S(=O)(=O)c1ccccc1. The van der Waals surface area contributed by atoms with E-state index in [1.165, 1.54) is 23.8 Å². The lowest BCUT2D eigenvalue weighted by Gasteiger charge is -2.17. The summed E-state index contributed by atoms with van der Waals surface area (Å²) >= 11 is 0. The van der Waals surface area contributed by atoms with Crippen molar-refractivity contribution in [3.05, 3.63) is 70.8 Å². The van der Waals surface area contributed by atoms with Gasteiger partial charge in [-0.15, -0.1) is 0 Å². The monoisotopic (exact) mass is 456 g/mol. The first-order valence-corrected chi connectivity index (χ1v) is 12.8. The Morgan fingerprint density at radius 1 is 1.00 bits per heavy atom. The number of rotatable bonds is 11. The molecule has 0 radical (unpaired) electrons. The Morgan fingerprint density at radius 2 is 1.69 bits per heavy atom. The summed E-state index contributed by atoms with van der Waals surface area (Å²) < 4.78 is 26.9. The van der Waals surface area contributed by atoms with Crippen molar-refractivity contribution in [1.82, 2.24) is 0 Å². The topological polar surface area (TPSA) is 74.6 Å². The maximum Gasteiger partial charge on any atom is 0.210 e. The van der Waals surface area contributed by atoms with Gasteiger partial charge in [0.25, 0.3) is 0 Å². The van der Waals surface area contributed by atoms with E-state index in [0.717, 1.165) is 37.7 Å². The molecule has 0 fully saturated rings. The molecule has 0 saturated carbocycles. The summed E-state index contributed by atoms with van der Waals surface area (Å²) in [5, 5.41) is 21.7. The number of aryl methyl sites for hydroxylation is 1. The van der Waals surface area contributed by atoms with Crippen LogP contribution in [0.25, 0.3) is 0 Å². The molecule has 0 aliphatic rings. The Morgan fingerprint density at radius 3 is 2.31 bits per heavy atom. The van der Waals surface area contributed by atoms with E-state index in [-0.39, 0.29) is 33.3 Å². The van der Waals surface area contributed by atoms with Gasteiger partial charge in [-0.25, -0.2) is 8.42 Å². The molecule has 5 heteroatoms. The van der Waals surface area contributed by atoms with Gasteiger partial charge in [-0.1, -0.05) is 61.3 Å². The number of sulfone groups is 1. The van der Waals surface area contributed by atoms with Crippen LogP contribution in [0.5, 0.6) is 11.5 Å². The predicted octanol–water partition coefficient (Wildman–Crippen LogP) is 6.90. The van der Waals surface area contributed by atoms with Crippen molar-refractivity contribution in [1.29, 1.82) is 0 Å². The van der Waals surface area contributed by atoms with Crippen molar-refractivity contribution in [2.75, 3.05) is 0 Å². The first-order chi connectivity index (χ1) is 15.2. The van der Waals surface area contributed by atoms with E-state index in [9.17, 15) is 18.6 Å². The zero-order valence-electron chi connectivity index (χ0n) is 19.7. The standard InChI is InChI=1S/C27H36O4S/c1-5-6-8-14-22-19-25(28)24(18-17-21(4)13-11-12-20(2)3)26(29)27(22)32(30,31)23-15-9-7-10-16-23/h7,9-10,12,15-17,19,28-29H,5-6,8,11,13-14,18H2,1-4H3. The second-order valence-electron chi connectivity index (χ2n) is 8.56. The molecule has 0 aliphatic heterocycles. The molecule has 0 amide bonds. The highest BCUT2D eigenvalue weighted by Gasteiger charge is 2.28. The molecule has 0 aliphatic carbocycles. The first-order valence-electron chi connectivity index (χ1n) is 11.3. The summed E-state index contributed by atoms with van der Waals surface area (Å²) in [7, 11) is -3.93. The number of unbranched alkanes of at least 4 members (excludes halogenated alkanes) is 2. The minimum Gasteiger partial charge on any atom is -0.508 e. The average molecular weight is 457 g/mol. The number of phenols is 2. The maximum atomic E-state index is 13.5. The minimum atomic E-state index is -3.93. The van der Waals surface area contributed by atoms with E-state index >= 15 is 0 Å². The van der Waals surface area contributed by atoms with E-state index in [1.54, 1.807) is 18.2 Å². The van der Waals surface area contributed by atoms with Gasteiger partial charge < -0.3 is 10.2 Å². The van der Waals surface area contributed by atoms with Crippen molar-refractivity contribution in [2.24, 2.45) is 0 Å². The molecule has 0 spiro atoms. The highest BCUT2D eigenvalue weighted by atomic mass is 32.2. The van der Waals surface area contributed by atoms with Crippen LogP contribution < -0.4 is 0 Å². The van der Waals surface area contributed by atoms with Crippen molar-refractivity contribution >= 4 is 9.84 Å². The van der Waals surface area contributed by atoms with Crippen LogP contribution in [0.15, 0.2) is 69.5 Å².